The van der Waals surface area contributed by atoms with E-state index < -0.39 is 0 Å². The number of piperazine rings is 1. The van der Waals surface area contributed by atoms with Crippen LogP contribution in [0.5, 0.6) is 0 Å². The monoisotopic (exact) mass is 352 g/mol. The van der Waals surface area contributed by atoms with Crippen molar-refractivity contribution in [1.82, 2.24) is 20.7 Å². The fourth-order valence-electron chi connectivity index (χ4n) is 3.96. The van der Waals surface area contributed by atoms with Crippen LogP contribution in [0.15, 0.2) is 48.5 Å². The predicted molar refractivity (Wildman–Crippen MR) is 106 cm³/mol. The number of benzene rings is 2. The first kappa shape index (κ1) is 16.5. The number of rotatable bonds is 3. The van der Waals surface area contributed by atoms with Gasteiger partial charge in [0, 0.05) is 32.7 Å². The lowest BCUT2D eigenvalue weighted by atomic mass is 10.0. The van der Waals surface area contributed by atoms with Crippen molar-refractivity contribution < 1.29 is 0 Å². The van der Waals surface area contributed by atoms with Crippen molar-refractivity contribution in [2.75, 3.05) is 32.7 Å². The molecule has 0 bridgehead atoms. The maximum Gasteiger partial charge on any atom is 0.181 e. The molecule has 1 aliphatic heterocycles. The van der Waals surface area contributed by atoms with E-state index in [0.29, 0.717) is 11.2 Å². The van der Waals surface area contributed by atoms with E-state index in [1.54, 1.807) is 0 Å². The largest absolute Gasteiger partial charge is 0.362 e. The van der Waals surface area contributed by atoms with Crippen molar-refractivity contribution in [3.05, 3.63) is 59.7 Å². The van der Waals surface area contributed by atoms with Crippen molar-refractivity contribution in [3.63, 3.8) is 0 Å². The summed E-state index contributed by atoms with van der Waals surface area (Å²) < 4.78 is 0. The Morgan fingerprint density at radius 1 is 0.960 bits per heavy atom. The minimum absolute atomic E-state index is 0.371. The molecule has 0 spiro atoms. The molecule has 0 radical (unpaired) electrons. The molecular formula is C20H24N4S. The Hall–Kier alpha value is -1.95. The van der Waals surface area contributed by atoms with E-state index >= 15 is 0 Å². The first-order valence-electron chi connectivity index (χ1n) is 8.99. The molecule has 25 heavy (non-hydrogen) atoms. The summed E-state index contributed by atoms with van der Waals surface area (Å²) in [5.41, 5.74) is 8.94. The maximum atomic E-state index is 5.30. The van der Waals surface area contributed by atoms with Gasteiger partial charge in [-0.2, -0.15) is 0 Å². The third-order valence-electron chi connectivity index (χ3n) is 5.08. The Balaban J connectivity index is 1.51. The summed E-state index contributed by atoms with van der Waals surface area (Å²) in [6.07, 6.45) is 0. The van der Waals surface area contributed by atoms with Crippen LogP contribution in [0.2, 0.25) is 0 Å². The molecule has 4 nitrogen and oxygen atoms in total. The van der Waals surface area contributed by atoms with E-state index in [4.69, 9.17) is 12.2 Å². The van der Waals surface area contributed by atoms with Gasteiger partial charge in [0.15, 0.2) is 5.11 Å². The average Bonchev–Trinajstić information content (AvgIpc) is 2.97. The molecule has 2 N–H and O–H groups in total. The molecule has 0 aromatic heterocycles. The van der Waals surface area contributed by atoms with Crippen molar-refractivity contribution in [1.29, 1.82) is 0 Å². The van der Waals surface area contributed by atoms with Crippen molar-refractivity contribution in [3.8, 4) is 11.1 Å². The standard InChI is InChI=1S/C20H24N4S/c1-2-21-20(25)22-24-13-11-23(12-14-24)19-17-9-5-3-7-15(17)16-8-4-6-10-18(16)19/h3-10,19H,2,11-14H2,1H3,(H2,21,22,25). The van der Waals surface area contributed by atoms with Gasteiger partial charge in [-0.15, -0.1) is 0 Å². The van der Waals surface area contributed by atoms with Crippen LogP contribution in [0.4, 0.5) is 0 Å². The lowest BCUT2D eigenvalue weighted by Gasteiger charge is -2.39. The second-order valence-electron chi connectivity index (χ2n) is 6.57. The fourth-order valence-corrected chi connectivity index (χ4v) is 4.23. The topological polar surface area (TPSA) is 30.5 Å². The lowest BCUT2D eigenvalue weighted by molar-refractivity contribution is 0.0929. The van der Waals surface area contributed by atoms with Crippen molar-refractivity contribution >= 4 is 17.3 Å². The zero-order chi connectivity index (χ0) is 17.2. The highest BCUT2D eigenvalue weighted by Crippen LogP contribution is 2.46. The Morgan fingerprint density at radius 3 is 2.08 bits per heavy atom. The first-order valence-corrected chi connectivity index (χ1v) is 9.40. The second kappa shape index (κ2) is 7.12. The zero-order valence-electron chi connectivity index (χ0n) is 14.5. The highest BCUT2D eigenvalue weighted by Gasteiger charge is 2.34. The first-order chi connectivity index (χ1) is 12.3. The molecule has 1 heterocycles. The van der Waals surface area contributed by atoms with E-state index in [-0.39, 0.29) is 0 Å². The van der Waals surface area contributed by atoms with Crippen LogP contribution in [0.3, 0.4) is 0 Å². The van der Waals surface area contributed by atoms with Crippen LogP contribution in [0, 0.1) is 0 Å². The fraction of sp³-hybridized carbons (Fsp3) is 0.350. The van der Waals surface area contributed by atoms with E-state index in [2.05, 4.69) is 76.1 Å². The minimum atomic E-state index is 0.371. The molecule has 2 aromatic carbocycles. The molecule has 0 unspecified atom stereocenters. The normalized spacial score (nSPS) is 17.8. The number of hydrazine groups is 1. The molecule has 130 valence electrons. The second-order valence-corrected chi connectivity index (χ2v) is 6.98. The Labute approximate surface area is 154 Å². The van der Waals surface area contributed by atoms with Crippen LogP contribution in [-0.2, 0) is 0 Å². The van der Waals surface area contributed by atoms with Crippen LogP contribution < -0.4 is 10.7 Å². The highest BCUT2D eigenvalue weighted by atomic mass is 32.1. The molecule has 0 atom stereocenters. The lowest BCUT2D eigenvalue weighted by Crippen LogP contribution is -2.55. The third kappa shape index (κ3) is 3.15. The summed E-state index contributed by atoms with van der Waals surface area (Å²) in [7, 11) is 0. The Bertz CT molecular complexity index is 722. The summed E-state index contributed by atoms with van der Waals surface area (Å²) in [5.74, 6) is 0. The molecule has 1 aliphatic carbocycles. The molecule has 0 amide bonds. The van der Waals surface area contributed by atoms with E-state index in [9.17, 15) is 0 Å². The van der Waals surface area contributed by atoms with Crippen LogP contribution >= 0.6 is 12.2 Å². The van der Waals surface area contributed by atoms with Gasteiger partial charge >= 0.3 is 0 Å². The minimum Gasteiger partial charge on any atom is -0.362 e. The number of hydrogen-bond donors (Lipinski definition) is 2. The summed E-state index contributed by atoms with van der Waals surface area (Å²) in [6, 6.07) is 18.0. The van der Waals surface area contributed by atoms with Crippen LogP contribution in [0.1, 0.15) is 24.1 Å². The Kier molecular flexibility index (Phi) is 4.70. The molecule has 2 aromatic rings. The SMILES string of the molecule is CCNC(=S)NN1CCN(C2c3ccccc3-c3ccccc32)CC1. The summed E-state index contributed by atoms with van der Waals surface area (Å²) >= 11 is 5.30. The van der Waals surface area contributed by atoms with Gasteiger partial charge in [0.25, 0.3) is 0 Å². The van der Waals surface area contributed by atoms with E-state index in [0.717, 1.165) is 32.7 Å². The van der Waals surface area contributed by atoms with Gasteiger partial charge in [-0.25, -0.2) is 5.01 Å². The summed E-state index contributed by atoms with van der Waals surface area (Å²) in [6.45, 7) is 6.88. The van der Waals surface area contributed by atoms with Crippen molar-refractivity contribution in [2.45, 2.75) is 13.0 Å². The van der Waals surface area contributed by atoms with E-state index in [1.165, 1.54) is 22.3 Å². The average molecular weight is 353 g/mol. The van der Waals surface area contributed by atoms with Crippen molar-refractivity contribution in [2.24, 2.45) is 0 Å². The molecule has 2 aliphatic rings. The molecule has 4 rings (SSSR count). The molecule has 5 heteroatoms. The number of fused-ring (bicyclic) bond motifs is 3. The maximum absolute atomic E-state index is 5.30. The van der Waals surface area contributed by atoms with Gasteiger partial charge < -0.3 is 5.32 Å². The Morgan fingerprint density at radius 2 is 1.52 bits per heavy atom. The molecule has 1 saturated heterocycles. The summed E-state index contributed by atoms with van der Waals surface area (Å²) in [4.78, 5) is 2.60. The number of nitrogens with one attached hydrogen (secondary N) is 2. The van der Waals surface area contributed by atoms with Crippen LogP contribution in [0.25, 0.3) is 11.1 Å². The van der Waals surface area contributed by atoms with Crippen LogP contribution in [-0.4, -0.2) is 47.7 Å². The quantitative estimate of drug-likeness (QED) is 0.830. The molecule has 1 fully saturated rings. The smallest absolute Gasteiger partial charge is 0.181 e. The van der Waals surface area contributed by atoms with Gasteiger partial charge in [0.05, 0.1) is 6.04 Å². The summed E-state index contributed by atoms with van der Waals surface area (Å²) in [5, 5.41) is 6.08. The number of hydrogen-bond acceptors (Lipinski definition) is 3. The number of thiocarbonyl (C=S) groups is 1. The van der Waals surface area contributed by atoms with Gasteiger partial charge in [-0.3, -0.25) is 10.3 Å². The predicted octanol–water partition coefficient (Wildman–Crippen LogP) is 2.77. The zero-order valence-corrected chi connectivity index (χ0v) is 15.4. The molecular weight excluding hydrogens is 328 g/mol. The van der Waals surface area contributed by atoms with Gasteiger partial charge in [-0.05, 0) is 41.4 Å². The van der Waals surface area contributed by atoms with Gasteiger partial charge in [0.1, 0.15) is 0 Å². The highest BCUT2D eigenvalue weighted by molar-refractivity contribution is 7.80. The van der Waals surface area contributed by atoms with Gasteiger partial charge in [0.2, 0.25) is 0 Å². The van der Waals surface area contributed by atoms with E-state index in [1.807, 2.05) is 0 Å². The third-order valence-corrected chi connectivity index (χ3v) is 5.31. The van der Waals surface area contributed by atoms with Gasteiger partial charge in [-0.1, -0.05) is 48.5 Å². The number of nitrogens with zero attached hydrogens (tertiary/aromatic N) is 2. The molecule has 0 saturated carbocycles.